The lowest BCUT2D eigenvalue weighted by Gasteiger charge is -2.37. The molecular weight excluding hydrogens is 511 g/mol. The third-order valence-electron chi connectivity index (χ3n) is 7.15. The second-order valence-electron chi connectivity index (χ2n) is 11.5. The summed E-state index contributed by atoms with van der Waals surface area (Å²) >= 11 is 2.14. The lowest BCUT2D eigenvalue weighted by molar-refractivity contribution is -0.330. The van der Waals surface area contributed by atoms with E-state index in [9.17, 15) is 17.8 Å². The van der Waals surface area contributed by atoms with Crippen LogP contribution < -0.4 is 22.6 Å². The average molecular weight is 549 g/mol. The van der Waals surface area contributed by atoms with E-state index >= 15 is 0 Å². The first-order chi connectivity index (χ1) is 13.3. The Morgan fingerprint density at radius 3 is 2.00 bits per heavy atom. The van der Waals surface area contributed by atoms with E-state index < -0.39 is 21.3 Å². The Labute approximate surface area is 196 Å². The molecule has 2 atom stereocenters. The Hall–Kier alpha value is -0.470. The van der Waals surface area contributed by atoms with E-state index in [1.54, 1.807) is 0 Å². The molecule has 170 valence electrons. The molecule has 2 fully saturated rings. The van der Waals surface area contributed by atoms with E-state index in [1.165, 1.54) is 14.7 Å². The van der Waals surface area contributed by atoms with Crippen molar-refractivity contribution in [2.45, 2.75) is 85.5 Å². The monoisotopic (exact) mass is 548 g/mol. The van der Waals surface area contributed by atoms with E-state index in [2.05, 4.69) is 82.3 Å². The number of rotatable bonds is 2. The molecule has 0 spiro atoms. The second kappa shape index (κ2) is 8.14. The van der Waals surface area contributed by atoms with Crippen LogP contribution in [0.1, 0.15) is 85.8 Å². The van der Waals surface area contributed by atoms with Crippen molar-refractivity contribution in [2.24, 2.45) is 16.7 Å². The van der Waals surface area contributed by atoms with Gasteiger partial charge in [0.15, 0.2) is 3.57 Å². The van der Waals surface area contributed by atoms with Crippen molar-refractivity contribution in [3.05, 3.63) is 32.9 Å². The van der Waals surface area contributed by atoms with Gasteiger partial charge in [-0.15, -0.1) is 0 Å². The quantitative estimate of drug-likeness (QED) is 0.417. The maximum Gasteiger partial charge on any atom is 0.297 e. The van der Waals surface area contributed by atoms with Gasteiger partial charge in [0.2, 0.25) is 0 Å². The van der Waals surface area contributed by atoms with Gasteiger partial charge in [-0.05, 0) is 46.6 Å². The standard InChI is InChI=1S/C14H22I.C10H16O4S/c1-13(2,3)10-8-7-9-11(15)12(10)14(4,5)6;1-9(2)7-3-4-10(9,8(11)5-7)6-15(12,13)14/h7-9,15H,1-6H3;7H,3-6H2,1-2H3,(H,12,13,14)/q+1;/p-1. The molecule has 4 nitrogen and oxygen atoms in total. The molecule has 0 heterocycles. The number of ketones is 1. The van der Waals surface area contributed by atoms with Gasteiger partial charge in [0, 0.05) is 17.4 Å². The molecule has 2 aliphatic carbocycles. The maximum atomic E-state index is 11.8. The van der Waals surface area contributed by atoms with Gasteiger partial charge >= 0.3 is 0 Å². The fourth-order valence-corrected chi connectivity index (χ4v) is 8.03. The van der Waals surface area contributed by atoms with Crippen molar-refractivity contribution in [3.63, 3.8) is 0 Å². The molecule has 0 saturated heterocycles. The van der Waals surface area contributed by atoms with Crippen molar-refractivity contribution in [1.82, 2.24) is 0 Å². The summed E-state index contributed by atoms with van der Waals surface area (Å²) in [6, 6.07) is 6.67. The van der Waals surface area contributed by atoms with E-state index in [4.69, 9.17) is 0 Å². The Bertz CT molecular complexity index is 920. The Balaban J connectivity index is 0.000000214. The molecule has 0 aliphatic heterocycles. The maximum absolute atomic E-state index is 11.8. The van der Waals surface area contributed by atoms with Crippen molar-refractivity contribution >= 4 is 15.9 Å². The normalized spacial score (nSPS) is 25.8. The van der Waals surface area contributed by atoms with Crippen LogP contribution in [0.25, 0.3) is 0 Å². The molecule has 0 amide bonds. The first-order valence-corrected chi connectivity index (χ1v) is 13.3. The number of benzene rings is 1. The smallest absolute Gasteiger partial charge is 0.297 e. The molecule has 2 aliphatic rings. The number of carbonyl (C=O) groups excluding carboxylic acids is 1. The van der Waals surface area contributed by atoms with Crippen molar-refractivity contribution < 1.29 is 40.4 Å². The molecule has 30 heavy (non-hydrogen) atoms. The first kappa shape index (κ1) is 25.8. The van der Waals surface area contributed by atoms with Crippen LogP contribution in [0.4, 0.5) is 0 Å². The van der Waals surface area contributed by atoms with Gasteiger partial charge in [-0.1, -0.05) is 67.5 Å². The molecule has 0 N–H and O–H groups in total. The van der Waals surface area contributed by atoms with Gasteiger partial charge in [0.25, 0.3) is 22.6 Å². The van der Waals surface area contributed by atoms with E-state index in [0.717, 1.165) is 6.42 Å². The van der Waals surface area contributed by atoms with Crippen LogP contribution in [-0.2, 0) is 25.7 Å². The molecular formula is C24H37IO4S. The number of hydrogen-bond acceptors (Lipinski definition) is 4. The third-order valence-corrected chi connectivity index (χ3v) is 8.96. The Kier molecular flexibility index (Phi) is 7.00. The molecule has 3 rings (SSSR count). The number of halogens is 1. The van der Waals surface area contributed by atoms with Crippen LogP contribution in [-0.4, -0.2) is 24.5 Å². The minimum absolute atomic E-state index is 0.0248. The van der Waals surface area contributed by atoms with Gasteiger partial charge in [-0.3, -0.25) is 4.79 Å². The van der Waals surface area contributed by atoms with Gasteiger partial charge in [-0.25, -0.2) is 8.42 Å². The van der Waals surface area contributed by atoms with Crippen molar-refractivity contribution in [3.8, 4) is 0 Å². The zero-order valence-electron chi connectivity index (χ0n) is 19.6. The summed E-state index contributed by atoms with van der Waals surface area (Å²) in [6.07, 6.45) is 1.88. The summed E-state index contributed by atoms with van der Waals surface area (Å²) in [4.78, 5) is 11.8. The molecule has 2 bridgehead atoms. The molecule has 0 aromatic heterocycles. The summed E-state index contributed by atoms with van der Waals surface area (Å²) in [5.41, 5.74) is 2.24. The van der Waals surface area contributed by atoms with Crippen LogP contribution in [0.3, 0.4) is 0 Å². The summed E-state index contributed by atoms with van der Waals surface area (Å²) in [7, 11) is -4.33. The number of Topliss-reactive ketones (excluding diaryl/α,β-unsaturated/α-hetero) is 1. The van der Waals surface area contributed by atoms with Gasteiger partial charge in [0.1, 0.15) is 5.78 Å². The lowest BCUT2D eigenvalue weighted by Crippen LogP contribution is -3.34. The highest BCUT2D eigenvalue weighted by atomic mass is 127. The Morgan fingerprint density at radius 2 is 1.67 bits per heavy atom. The van der Waals surface area contributed by atoms with Gasteiger partial charge in [0.05, 0.1) is 15.9 Å². The summed E-state index contributed by atoms with van der Waals surface area (Å²) in [5, 5.41) is 0. The molecule has 1 aromatic carbocycles. The minimum atomic E-state index is -4.33. The summed E-state index contributed by atoms with van der Waals surface area (Å²) in [6.45, 7) is 17.6. The molecule has 2 saturated carbocycles. The van der Waals surface area contributed by atoms with E-state index in [0.29, 0.717) is 12.8 Å². The molecule has 2 unspecified atom stereocenters. The summed E-state index contributed by atoms with van der Waals surface area (Å²) < 4.78 is 34.1. The first-order valence-electron chi connectivity index (χ1n) is 10.6. The highest BCUT2D eigenvalue weighted by Crippen LogP contribution is 2.64. The Morgan fingerprint density at radius 1 is 1.10 bits per heavy atom. The molecule has 0 radical (unpaired) electrons. The zero-order chi connectivity index (χ0) is 23.3. The average Bonchev–Trinajstić information content (AvgIpc) is 2.85. The zero-order valence-corrected chi connectivity index (χ0v) is 22.7. The highest BCUT2D eigenvalue weighted by Gasteiger charge is 2.64. The highest BCUT2D eigenvalue weighted by molar-refractivity contribution is 7.85. The van der Waals surface area contributed by atoms with Crippen LogP contribution in [0.2, 0.25) is 0 Å². The molecule has 1 aromatic rings. The van der Waals surface area contributed by atoms with Crippen molar-refractivity contribution in [2.75, 3.05) is 5.75 Å². The SMILES string of the molecule is CC(C)(C)c1cccc([IH+])c1C(C)(C)C.CC1(C)C2CCC1(CS(=O)(=O)[O-])C(=O)C2. The van der Waals surface area contributed by atoms with Crippen LogP contribution in [0, 0.1) is 20.3 Å². The van der Waals surface area contributed by atoms with Gasteiger partial charge in [-0.2, -0.15) is 0 Å². The summed E-state index contributed by atoms with van der Waals surface area (Å²) in [5.74, 6) is -0.280. The fourth-order valence-electron chi connectivity index (χ4n) is 5.34. The van der Waals surface area contributed by atoms with E-state index in [-0.39, 0.29) is 27.9 Å². The van der Waals surface area contributed by atoms with Crippen LogP contribution >= 0.6 is 0 Å². The van der Waals surface area contributed by atoms with Crippen LogP contribution in [0.15, 0.2) is 18.2 Å². The number of fused-ring (bicyclic) bond motifs is 2. The van der Waals surface area contributed by atoms with Crippen molar-refractivity contribution in [1.29, 1.82) is 0 Å². The lowest BCUT2D eigenvalue weighted by atomic mass is 9.70. The number of carbonyl (C=O) groups is 1. The predicted molar refractivity (Wildman–Crippen MR) is 117 cm³/mol. The third kappa shape index (κ3) is 4.96. The van der Waals surface area contributed by atoms with Crippen LogP contribution in [0.5, 0.6) is 0 Å². The fraction of sp³-hybridized carbons (Fsp3) is 0.708. The minimum Gasteiger partial charge on any atom is -0.748 e. The molecule has 6 heteroatoms. The predicted octanol–water partition coefficient (Wildman–Crippen LogP) is 1.66. The van der Waals surface area contributed by atoms with Gasteiger partial charge < -0.3 is 4.55 Å². The largest absolute Gasteiger partial charge is 0.748 e. The second-order valence-corrected chi connectivity index (χ2v) is 14.2. The van der Waals surface area contributed by atoms with E-state index in [1.807, 2.05) is 13.8 Å². The topological polar surface area (TPSA) is 74.3 Å². The number of hydrogen-bond donors (Lipinski definition) is 0.